The van der Waals surface area contributed by atoms with Crippen LogP contribution in [0.3, 0.4) is 0 Å². The predicted octanol–water partition coefficient (Wildman–Crippen LogP) is 2.44. The predicted molar refractivity (Wildman–Crippen MR) is 90.8 cm³/mol. The van der Waals surface area contributed by atoms with E-state index in [1.807, 2.05) is 19.1 Å². The minimum Gasteiger partial charge on any atom is -0.340 e. The largest absolute Gasteiger partial charge is 0.340 e. The summed E-state index contributed by atoms with van der Waals surface area (Å²) < 4.78 is 26.9. The molecule has 0 aliphatic carbocycles. The Morgan fingerprint density at radius 3 is 2.13 bits per heavy atom. The van der Waals surface area contributed by atoms with Crippen molar-refractivity contribution in [2.24, 2.45) is 0 Å². The summed E-state index contributed by atoms with van der Waals surface area (Å²) in [5.74, 6) is 0.510. The molecular formula is C17H26N2O3S. The zero-order chi connectivity index (χ0) is 17.0. The molecule has 1 fully saturated rings. The lowest BCUT2D eigenvalue weighted by molar-refractivity contribution is -0.132. The lowest BCUT2D eigenvalue weighted by Crippen LogP contribution is -2.50. The van der Waals surface area contributed by atoms with Crippen molar-refractivity contribution in [2.75, 3.05) is 26.2 Å². The summed E-state index contributed by atoms with van der Waals surface area (Å²) in [5.41, 5.74) is 1.16. The van der Waals surface area contributed by atoms with Gasteiger partial charge >= 0.3 is 0 Å². The van der Waals surface area contributed by atoms with Crippen molar-refractivity contribution < 1.29 is 13.2 Å². The summed E-state index contributed by atoms with van der Waals surface area (Å²) in [5, 5.41) is 0. The SMILES string of the molecule is CCC(=O)N1CCN(S(=O)(=O)c2ccc([C@H](C)CC)cc2)CC1. The minimum absolute atomic E-state index is 0.0833. The first-order valence-electron chi connectivity index (χ1n) is 8.28. The molecule has 2 rings (SSSR count). The molecule has 128 valence electrons. The first-order valence-corrected chi connectivity index (χ1v) is 9.72. The van der Waals surface area contributed by atoms with Crippen LogP contribution in [0.4, 0.5) is 0 Å². The molecule has 0 aromatic heterocycles. The van der Waals surface area contributed by atoms with Gasteiger partial charge in [-0.2, -0.15) is 4.31 Å². The second-order valence-corrected chi connectivity index (χ2v) is 7.95. The maximum atomic E-state index is 12.7. The molecule has 1 amide bonds. The normalized spacial score (nSPS) is 18.0. The van der Waals surface area contributed by atoms with Crippen LogP contribution in [0.2, 0.25) is 0 Å². The summed E-state index contributed by atoms with van der Waals surface area (Å²) >= 11 is 0. The van der Waals surface area contributed by atoms with Gasteiger partial charge in [-0.15, -0.1) is 0 Å². The molecule has 0 saturated carbocycles. The molecule has 0 unspecified atom stereocenters. The summed E-state index contributed by atoms with van der Waals surface area (Å²) in [4.78, 5) is 13.7. The van der Waals surface area contributed by atoms with Gasteiger partial charge in [0.15, 0.2) is 0 Å². The van der Waals surface area contributed by atoms with Crippen LogP contribution in [-0.2, 0) is 14.8 Å². The number of hydrogen-bond donors (Lipinski definition) is 0. The molecule has 1 aliphatic heterocycles. The maximum Gasteiger partial charge on any atom is 0.243 e. The zero-order valence-electron chi connectivity index (χ0n) is 14.2. The summed E-state index contributed by atoms with van der Waals surface area (Å²) in [6.07, 6.45) is 1.49. The molecule has 1 aromatic carbocycles. The van der Waals surface area contributed by atoms with Crippen LogP contribution in [0.1, 0.15) is 45.1 Å². The van der Waals surface area contributed by atoms with E-state index < -0.39 is 10.0 Å². The van der Waals surface area contributed by atoms with E-state index in [2.05, 4.69) is 13.8 Å². The van der Waals surface area contributed by atoms with E-state index in [-0.39, 0.29) is 5.91 Å². The molecular weight excluding hydrogens is 312 g/mol. The van der Waals surface area contributed by atoms with Crippen molar-refractivity contribution in [1.29, 1.82) is 0 Å². The van der Waals surface area contributed by atoms with Gasteiger partial charge in [0.25, 0.3) is 0 Å². The lowest BCUT2D eigenvalue weighted by atomic mass is 9.99. The van der Waals surface area contributed by atoms with Crippen LogP contribution in [-0.4, -0.2) is 49.7 Å². The van der Waals surface area contributed by atoms with Crippen LogP contribution in [0.15, 0.2) is 29.2 Å². The number of hydrogen-bond acceptors (Lipinski definition) is 3. The molecule has 0 bridgehead atoms. The molecule has 0 N–H and O–H groups in total. The van der Waals surface area contributed by atoms with Crippen molar-refractivity contribution in [1.82, 2.24) is 9.21 Å². The van der Waals surface area contributed by atoms with Gasteiger partial charge in [-0.1, -0.05) is 32.9 Å². The molecule has 1 aromatic rings. The smallest absolute Gasteiger partial charge is 0.243 e. The monoisotopic (exact) mass is 338 g/mol. The van der Waals surface area contributed by atoms with E-state index in [1.165, 1.54) is 4.31 Å². The summed E-state index contributed by atoms with van der Waals surface area (Å²) in [6, 6.07) is 7.19. The van der Waals surface area contributed by atoms with Gasteiger partial charge in [0.2, 0.25) is 15.9 Å². The van der Waals surface area contributed by atoms with Gasteiger partial charge in [0.1, 0.15) is 0 Å². The Hall–Kier alpha value is -1.40. The Labute approximate surface area is 139 Å². The number of rotatable bonds is 5. The molecule has 23 heavy (non-hydrogen) atoms. The molecule has 0 spiro atoms. The minimum atomic E-state index is -3.47. The average Bonchev–Trinajstić information content (AvgIpc) is 2.60. The fourth-order valence-electron chi connectivity index (χ4n) is 2.75. The Morgan fingerprint density at radius 1 is 1.09 bits per heavy atom. The van der Waals surface area contributed by atoms with Gasteiger partial charge in [0.05, 0.1) is 4.90 Å². The molecule has 1 atom stereocenters. The summed E-state index contributed by atoms with van der Waals surface area (Å²) in [6.45, 7) is 7.74. The molecule has 1 heterocycles. The highest BCUT2D eigenvalue weighted by Gasteiger charge is 2.29. The maximum absolute atomic E-state index is 12.7. The fourth-order valence-corrected chi connectivity index (χ4v) is 4.18. The fraction of sp³-hybridized carbons (Fsp3) is 0.588. The molecule has 6 heteroatoms. The highest BCUT2D eigenvalue weighted by atomic mass is 32.2. The number of carbonyl (C=O) groups is 1. The molecule has 1 aliphatic rings. The highest BCUT2D eigenvalue weighted by molar-refractivity contribution is 7.89. The van der Waals surface area contributed by atoms with E-state index in [9.17, 15) is 13.2 Å². The van der Waals surface area contributed by atoms with Gasteiger partial charge in [-0.3, -0.25) is 4.79 Å². The van der Waals surface area contributed by atoms with Gasteiger partial charge in [-0.25, -0.2) is 8.42 Å². The number of carbonyl (C=O) groups excluding carboxylic acids is 1. The quantitative estimate of drug-likeness (QED) is 0.828. The van der Waals surface area contributed by atoms with Gasteiger partial charge in [0, 0.05) is 32.6 Å². The van der Waals surface area contributed by atoms with Crippen molar-refractivity contribution in [3.8, 4) is 0 Å². The number of benzene rings is 1. The Balaban J connectivity index is 2.09. The van der Waals surface area contributed by atoms with Gasteiger partial charge in [-0.05, 0) is 30.0 Å². The van der Waals surface area contributed by atoms with E-state index >= 15 is 0 Å². The average molecular weight is 338 g/mol. The third-order valence-electron chi connectivity index (χ3n) is 4.59. The topological polar surface area (TPSA) is 57.7 Å². The first kappa shape index (κ1) is 17.9. The van der Waals surface area contributed by atoms with E-state index in [1.54, 1.807) is 17.0 Å². The van der Waals surface area contributed by atoms with E-state index in [4.69, 9.17) is 0 Å². The third-order valence-corrected chi connectivity index (χ3v) is 6.51. The standard InChI is InChI=1S/C17H26N2O3S/c1-4-14(3)15-6-8-16(9-7-15)23(21,22)19-12-10-18(11-13-19)17(20)5-2/h6-9,14H,4-5,10-13H2,1-3H3/t14-/m1/s1. The zero-order valence-corrected chi connectivity index (χ0v) is 15.0. The third kappa shape index (κ3) is 3.93. The van der Waals surface area contributed by atoms with Crippen molar-refractivity contribution in [2.45, 2.75) is 44.4 Å². The van der Waals surface area contributed by atoms with Crippen LogP contribution in [0, 0.1) is 0 Å². The van der Waals surface area contributed by atoms with Crippen LogP contribution >= 0.6 is 0 Å². The van der Waals surface area contributed by atoms with Crippen LogP contribution in [0.5, 0.6) is 0 Å². The van der Waals surface area contributed by atoms with E-state index in [0.717, 1.165) is 12.0 Å². The first-order chi connectivity index (χ1) is 10.9. The van der Waals surface area contributed by atoms with E-state index in [0.29, 0.717) is 43.4 Å². The van der Waals surface area contributed by atoms with Crippen molar-refractivity contribution in [3.63, 3.8) is 0 Å². The Kier molecular flexibility index (Phi) is 5.81. The number of sulfonamides is 1. The van der Waals surface area contributed by atoms with Crippen LogP contribution in [0.25, 0.3) is 0 Å². The highest BCUT2D eigenvalue weighted by Crippen LogP contribution is 2.23. The number of nitrogens with zero attached hydrogens (tertiary/aromatic N) is 2. The second-order valence-electron chi connectivity index (χ2n) is 6.02. The Morgan fingerprint density at radius 2 is 1.65 bits per heavy atom. The van der Waals surface area contributed by atoms with Crippen molar-refractivity contribution in [3.05, 3.63) is 29.8 Å². The van der Waals surface area contributed by atoms with Crippen LogP contribution < -0.4 is 0 Å². The number of piperazine rings is 1. The Bertz CT molecular complexity index is 632. The summed E-state index contributed by atoms with van der Waals surface area (Å²) in [7, 11) is -3.47. The second kappa shape index (κ2) is 7.45. The van der Waals surface area contributed by atoms with Gasteiger partial charge < -0.3 is 4.90 Å². The molecule has 0 radical (unpaired) electrons. The molecule has 1 saturated heterocycles. The number of amides is 1. The molecule has 5 nitrogen and oxygen atoms in total. The lowest BCUT2D eigenvalue weighted by Gasteiger charge is -2.34. The van der Waals surface area contributed by atoms with Crippen molar-refractivity contribution >= 4 is 15.9 Å².